The minimum Gasteiger partial charge on any atom is -0.442 e. The summed E-state index contributed by atoms with van der Waals surface area (Å²) in [6, 6.07) is 5.06. The van der Waals surface area contributed by atoms with Gasteiger partial charge in [0.1, 0.15) is 0 Å². The highest BCUT2D eigenvalue weighted by molar-refractivity contribution is 6.29. The van der Waals surface area contributed by atoms with E-state index in [0.29, 0.717) is 0 Å². The number of ketones is 1. The Bertz CT molecular complexity index is 542. The lowest BCUT2D eigenvalue weighted by atomic mass is 10.2. The van der Waals surface area contributed by atoms with E-state index in [-0.39, 0.29) is 23.2 Å². The van der Waals surface area contributed by atoms with Gasteiger partial charge < -0.3 is 4.42 Å². The summed E-state index contributed by atoms with van der Waals surface area (Å²) in [4.78, 5) is 11.9. The first-order valence-corrected chi connectivity index (χ1v) is 5.80. The fourth-order valence-electron chi connectivity index (χ4n) is 1.73. The maximum absolute atomic E-state index is 11.9. The Kier molecular flexibility index (Phi) is 3.33. The van der Waals surface area contributed by atoms with E-state index in [1.54, 1.807) is 12.1 Å². The number of halogens is 1. The van der Waals surface area contributed by atoms with Crippen LogP contribution >= 0.6 is 11.6 Å². The van der Waals surface area contributed by atoms with Gasteiger partial charge in [0.2, 0.25) is 5.78 Å². The first kappa shape index (κ1) is 11.9. The summed E-state index contributed by atoms with van der Waals surface area (Å²) in [5.41, 5.74) is 1.80. The predicted molar refractivity (Wildman–Crippen MR) is 64.4 cm³/mol. The molecule has 0 bridgehead atoms. The number of furan rings is 1. The molecule has 0 aliphatic carbocycles. The fourth-order valence-corrected chi connectivity index (χ4v) is 1.88. The van der Waals surface area contributed by atoms with Gasteiger partial charge in [0.05, 0.1) is 12.1 Å². The van der Waals surface area contributed by atoms with Crippen LogP contribution in [0.5, 0.6) is 0 Å². The molecule has 0 aliphatic rings. The van der Waals surface area contributed by atoms with E-state index in [4.69, 9.17) is 16.0 Å². The molecule has 90 valence electrons. The number of carbonyl (C=O) groups excluding carboxylic acids is 1. The number of nitrogens with zero attached hydrogens (tertiary/aromatic N) is 2. The van der Waals surface area contributed by atoms with E-state index in [1.807, 2.05) is 24.6 Å². The third-order valence-electron chi connectivity index (χ3n) is 2.47. The van der Waals surface area contributed by atoms with E-state index < -0.39 is 0 Å². The predicted octanol–water partition coefficient (Wildman–Crippen LogP) is 2.88. The second-order valence-electron chi connectivity index (χ2n) is 3.80. The monoisotopic (exact) mass is 252 g/mol. The van der Waals surface area contributed by atoms with Gasteiger partial charge in [-0.05, 0) is 43.6 Å². The molecule has 0 unspecified atom stereocenters. The summed E-state index contributed by atoms with van der Waals surface area (Å²) < 4.78 is 6.90. The molecule has 0 amide bonds. The van der Waals surface area contributed by atoms with Crippen LogP contribution in [-0.2, 0) is 13.0 Å². The van der Waals surface area contributed by atoms with Gasteiger partial charge >= 0.3 is 0 Å². The van der Waals surface area contributed by atoms with Crippen molar-refractivity contribution in [2.24, 2.45) is 0 Å². The number of hydrogen-bond acceptors (Lipinski definition) is 3. The molecule has 2 aromatic heterocycles. The van der Waals surface area contributed by atoms with E-state index in [1.165, 1.54) is 0 Å². The summed E-state index contributed by atoms with van der Waals surface area (Å²) in [5.74, 6) is 0.197. The fraction of sp³-hybridized carbons (Fsp3) is 0.333. The molecule has 0 saturated carbocycles. The average Bonchev–Trinajstić information content (AvgIpc) is 2.85. The topological polar surface area (TPSA) is 48.0 Å². The van der Waals surface area contributed by atoms with Crippen molar-refractivity contribution in [1.82, 2.24) is 9.78 Å². The van der Waals surface area contributed by atoms with Gasteiger partial charge in [-0.2, -0.15) is 5.10 Å². The van der Waals surface area contributed by atoms with E-state index in [9.17, 15) is 4.79 Å². The lowest BCUT2D eigenvalue weighted by Crippen LogP contribution is -2.09. The minimum atomic E-state index is -0.0912. The smallest absolute Gasteiger partial charge is 0.203 e. The molecule has 0 fully saturated rings. The van der Waals surface area contributed by atoms with Crippen molar-refractivity contribution >= 4 is 17.4 Å². The molecular formula is C12H13ClN2O2. The van der Waals surface area contributed by atoms with Crippen molar-refractivity contribution in [2.45, 2.75) is 26.8 Å². The van der Waals surface area contributed by atoms with Crippen LogP contribution in [0.4, 0.5) is 0 Å². The Morgan fingerprint density at radius 2 is 2.29 bits per heavy atom. The second kappa shape index (κ2) is 4.75. The standard InChI is InChI=1S/C12H13ClN2O2/c1-3-15-9(6-8(2)14-15)7-10(16)11-4-5-12(13)17-11/h4-6H,3,7H2,1-2H3. The molecule has 0 aliphatic heterocycles. The van der Waals surface area contributed by atoms with Gasteiger partial charge in [0, 0.05) is 12.2 Å². The number of Topliss-reactive ketones (excluding diaryl/α,β-unsaturated/α-hetero) is 1. The van der Waals surface area contributed by atoms with Crippen molar-refractivity contribution in [3.05, 3.63) is 40.6 Å². The highest BCUT2D eigenvalue weighted by Crippen LogP contribution is 2.16. The first-order chi connectivity index (χ1) is 8.10. The van der Waals surface area contributed by atoms with Gasteiger partial charge in [0.25, 0.3) is 0 Å². The Morgan fingerprint density at radius 3 is 2.88 bits per heavy atom. The van der Waals surface area contributed by atoms with Crippen LogP contribution in [-0.4, -0.2) is 15.6 Å². The molecule has 0 atom stereocenters. The number of aromatic nitrogens is 2. The van der Waals surface area contributed by atoms with Crippen LogP contribution in [0.1, 0.15) is 28.9 Å². The molecule has 5 heteroatoms. The average molecular weight is 253 g/mol. The molecule has 2 heterocycles. The molecule has 0 saturated heterocycles. The van der Waals surface area contributed by atoms with Crippen molar-refractivity contribution in [3.8, 4) is 0 Å². The lowest BCUT2D eigenvalue weighted by molar-refractivity contribution is 0.0964. The molecule has 2 aromatic rings. The molecular weight excluding hydrogens is 240 g/mol. The van der Waals surface area contributed by atoms with Gasteiger partial charge in [-0.25, -0.2) is 0 Å². The minimum absolute atomic E-state index is 0.0912. The highest BCUT2D eigenvalue weighted by Gasteiger charge is 2.14. The van der Waals surface area contributed by atoms with Crippen molar-refractivity contribution < 1.29 is 9.21 Å². The molecule has 4 nitrogen and oxygen atoms in total. The molecule has 0 spiro atoms. The van der Waals surface area contributed by atoms with Crippen LogP contribution in [0.3, 0.4) is 0 Å². The van der Waals surface area contributed by atoms with Gasteiger partial charge in [0.15, 0.2) is 11.0 Å². The third kappa shape index (κ3) is 2.58. The Hall–Kier alpha value is -1.55. The zero-order chi connectivity index (χ0) is 12.4. The van der Waals surface area contributed by atoms with Crippen LogP contribution in [0, 0.1) is 6.92 Å². The Labute approximate surface area is 104 Å². The van der Waals surface area contributed by atoms with Crippen LogP contribution < -0.4 is 0 Å². The van der Waals surface area contributed by atoms with Crippen molar-refractivity contribution in [3.63, 3.8) is 0 Å². The molecule has 0 radical (unpaired) electrons. The van der Waals surface area contributed by atoms with E-state index in [0.717, 1.165) is 17.9 Å². The first-order valence-electron chi connectivity index (χ1n) is 5.42. The van der Waals surface area contributed by atoms with E-state index >= 15 is 0 Å². The summed E-state index contributed by atoms with van der Waals surface area (Å²) in [5, 5.41) is 4.52. The normalized spacial score (nSPS) is 10.8. The van der Waals surface area contributed by atoms with Crippen LogP contribution in [0.25, 0.3) is 0 Å². The largest absolute Gasteiger partial charge is 0.442 e. The van der Waals surface area contributed by atoms with Crippen molar-refractivity contribution in [2.75, 3.05) is 0 Å². The molecule has 17 heavy (non-hydrogen) atoms. The second-order valence-corrected chi connectivity index (χ2v) is 4.17. The van der Waals surface area contributed by atoms with E-state index in [2.05, 4.69) is 5.10 Å². The zero-order valence-electron chi connectivity index (χ0n) is 9.74. The summed E-state index contributed by atoms with van der Waals surface area (Å²) >= 11 is 5.63. The quantitative estimate of drug-likeness (QED) is 0.786. The number of hydrogen-bond donors (Lipinski definition) is 0. The van der Waals surface area contributed by atoms with Crippen LogP contribution in [0.2, 0.25) is 5.22 Å². The Balaban J connectivity index is 2.18. The maximum Gasteiger partial charge on any atom is 0.203 e. The van der Waals surface area contributed by atoms with Gasteiger partial charge in [-0.1, -0.05) is 0 Å². The van der Waals surface area contributed by atoms with Crippen molar-refractivity contribution in [1.29, 1.82) is 0 Å². The highest BCUT2D eigenvalue weighted by atomic mass is 35.5. The zero-order valence-corrected chi connectivity index (χ0v) is 10.5. The summed E-state index contributed by atoms with van der Waals surface area (Å²) in [6.07, 6.45) is 0.276. The van der Waals surface area contributed by atoms with Gasteiger partial charge in [-0.15, -0.1) is 0 Å². The number of rotatable bonds is 4. The van der Waals surface area contributed by atoms with Gasteiger partial charge in [-0.3, -0.25) is 9.48 Å². The molecule has 0 N–H and O–H groups in total. The number of aryl methyl sites for hydroxylation is 2. The lowest BCUT2D eigenvalue weighted by Gasteiger charge is -2.02. The Morgan fingerprint density at radius 1 is 1.53 bits per heavy atom. The maximum atomic E-state index is 11.9. The van der Waals surface area contributed by atoms with Crippen LogP contribution in [0.15, 0.2) is 22.6 Å². The summed E-state index contributed by atoms with van der Waals surface area (Å²) in [7, 11) is 0. The molecule has 0 aromatic carbocycles. The SMILES string of the molecule is CCn1nc(C)cc1CC(=O)c1ccc(Cl)o1. The third-order valence-corrected chi connectivity index (χ3v) is 2.68. The number of carbonyl (C=O) groups is 1. The summed E-state index contributed by atoms with van der Waals surface area (Å²) in [6.45, 7) is 4.64. The molecule has 2 rings (SSSR count).